The van der Waals surface area contributed by atoms with Crippen LogP contribution in [-0.4, -0.2) is 11.1 Å². The molecule has 0 spiro atoms. The van der Waals surface area contributed by atoms with Crippen molar-refractivity contribution >= 4 is 40.8 Å². The first-order valence-corrected chi connectivity index (χ1v) is 5.62. The molecule has 2 nitrogen and oxygen atoms in total. The molecule has 0 aromatic heterocycles. The quantitative estimate of drug-likeness (QED) is 0.651. The lowest BCUT2D eigenvalue weighted by Gasteiger charge is -1.59. The SMILES string of the molecule is CC(=O)O.CC=CCl.CC=CCl.CC=CCl. The van der Waals surface area contributed by atoms with Gasteiger partial charge in [-0.1, -0.05) is 53.0 Å². The minimum atomic E-state index is -0.833. The van der Waals surface area contributed by atoms with Gasteiger partial charge in [-0.2, -0.15) is 0 Å². The lowest BCUT2D eigenvalue weighted by atomic mass is 10.8. The number of allylic oxidation sites excluding steroid dienone is 3. The molecule has 0 aromatic rings. The maximum atomic E-state index is 9.00. The second kappa shape index (κ2) is 36.5. The van der Waals surface area contributed by atoms with Crippen LogP contribution in [0, 0.1) is 0 Å². The highest BCUT2D eigenvalue weighted by molar-refractivity contribution is 6.25. The van der Waals surface area contributed by atoms with Crippen molar-refractivity contribution in [3.63, 3.8) is 0 Å². The van der Waals surface area contributed by atoms with Gasteiger partial charge in [-0.05, 0) is 37.4 Å². The minimum absolute atomic E-state index is 0.833. The summed E-state index contributed by atoms with van der Waals surface area (Å²) < 4.78 is 0. The number of hydrogen-bond donors (Lipinski definition) is 1. The van der Waals surface area contributed by atoms with Gasteiger partial charge in [0.25, 0.3) is 5.97 Å². The molecule has 96 valence electrons. The molecule has 0 aliphatic carbocycles. The second-order valence-electron chi connectivity index (χ2n) is 1.90. The van der Waals surface area contributed by atoms with Gasteiger partial charge in [-0.3, -0.25) is 4.79 Å². The molecule has 0 atom stereocenters. The topological polar surface area (TPSA) is 37.3 Å². The molecule has 0 bridgehead atoms. The molecule has 5 heteroatoms. The fourth-order valence-electron chi connectivity index (χ4n) is 0. The van der Waals surface area contributed by atoms with Crippen LogP contribution >= 0.6 is 34.8 Å². The van der Waals surface area contributed by atoms with Crippen molar-refractivity contribution in [3.8, 4) is 0 Å². The Morgan fingerprint density at radius 1 is 0.875 bits per heavy atom. The van der Waals surface area contributed by atoms with Gasteiger partial charge < -0.3 is 5.11 Å². The smallest absolute Gasteiger partial charge is 0.300 e. The molecule has 0 aliphatic heterocycles. The largest absolute Gasteiger partial charge is 0.481 e. The van der Waals surface area contributed by atoms with Crippen LogP contribution in [0.4, 0.5) is 0 Å². The molecular formula is C11H19Cl3O2. The van der Waals surface area contributed by atoms with Crippen LogP contribution in [0.3, 0.4) is 0 Å². The molecule has 0 aromatic carbocycles. The van der Waals surface area contributed by atoms with Crippen molar-refractivity contribution in [3.05, 3.63) is 34.8 Å². The van der Waals surface area contributed by atoms with Gasteiger partial charge >= 0.3 is 0 Å². The Hall–Kier alpha value is -0.440. The third-order valence-corrected chi connectivity index (χ3v) is 1.13. The minimum Gasteiger partial charge on any atom is -0.481 e. The van der Waals surface area contributed by atoms with E-state index in [1.54, 1.807) is 18.2 Å². The first-order chi connectivity index (χ1) is 7.47. The van der Waals surface area contributed by atoms with Crippen molar-refractivity contribution in [1.82, 2.24) is 0 Å². The normalized spacial score (nSPS) is 8.69. The van der Waals surface area contributed by atoms with E-state index >= 15 is 0 Å². The van der Waals surface area contributed by atoms with Crippen LogP contribution in [-0.2, 0) is 4.79 Å². The lowest BCUT2D eigenvalue weighted by molar-refractivity contribution is -0.134. The number of carbonyl (C=O) groups is 1. The molecule has 0 heterocycles. The first kappa shape index (κ1) is 24.7. The Morgan fingerprint density at radius 2 is 0.938 bits per heavy atom. The van der Waals surface area contributed by atoms with Gasteiger partial charge in [0.05, 0.1) is 0 Å². The summed E-state index contributed by atoms with van der Waals surface area (Å²) in [5, 5.41) is 7.42. The van der Waals surface area contributed by atoms with Gasteiger partial charge in [-0.25, -0.2) is 0 Å². The fourth-order valence-corrected chi connectivity index (χ4v) is 0. The van der Waals surface area contributed by atoms with E-state index in [2.05, 4.69) is 0 Å². The summed E-state index contributed by atoms with van der Waals surface area (Å²) in [5.41, 5.74) is 4.42. The van der Waals surface area contributed by atoms with Gasteiger partial charge in [0, 0.05) is 6.92 Å². The summed E-state index contributed by atoms with van der Waals surface area (Å²) in [6.07, 6.45) is 5.30. The second-order valence-corrected chi connectivity index (χ2v) is 2.65. The number of aliphatic carboxylic acids is 1. The highest BCUT2D eigenvalue weighted by Crippen LogP contribution is 1.71. The van der Waals surface area contributed by atoms with E-state index in [9.17, 15) is 0 Å². The van der Waals surface area contributed by atoms with E-state index < -0.39 is 5.97 Å². The predicted molar refractivity (Wildman–Crippen MR) is 75.3 cm³/mol. The van der Waals surface area contributed by atoms with Crippen LogP contribution in [0.1, 0.15) is 27.7 Å². The number of hydrogen-bond acceptors (Lipinski definition) is 1. The van der Waals surface area contributed by atoms with E-state index in [0.717, 1.165) is 6.92 Å². The summed E-state index contributed by atoms with van der Waals surface area (Å²) in [4.78, 5) is 9.00. The molecule has 0 saturated heterocycles. The highest BCUT2D eigenvalue weighted by Gasteiger charge is 1.65. The van der Waals surface area contributed by atoms with E-state index in [1.807, 2.05) is 20.8 Å². The summed E-state index contributed by atoms with van der Waals surface area (Å²) >= 11 is 15.0. The maximum absolute atomic E-state index is 9.00. The van der Waals surface area contributed by atoms with Gasteiger partial charge in [-0.15, -0.1) is 0 Å². The molecular weight excluding hydrogens is 270 g/mol. The van der Waals surface area contributed by atoms with Crippen molar-refractivity contribution in [2.75, 3.05) is 0 Å². The molecule has 0 aliphatic rings. The number of carboxylic acid groups (broad SMARTS) is 1. The van der Waals surface area contributed by atoms with Crippen molar-refractivity contribution < 1.29 is 9.90 Å². The third-order valence-electron chi connectivity index (χ3n) is 0.378. The zero-order chi connectivity index (χ0) is 13.8. The lowest BCUT2D eigenvalue weighted by Crippen LogP contribution is -1.78. The van der Waals surface area contributed by atoms with Crippen LogP contribution in [0.5, 0.6) is 0 Å². The summed E-state index contributed by atoms with van der Waals surface area (Å²) in [7, 11) is 0. The Balaban J connectivity index is -0.0000000600. The van der Waals surface area contributed by atoms with E-state index in [4.69, 9.17) is 44.7 Å². The average Bonchev–Trinajstić information content (AvgIpc) is 2.28. The van der Waals surface area contributed by atoms with Gasteiger partial charge in [0.2, 0.25) is 0 Å². The third kappa shape index (κ3) is 326. The number of rotatable bonds is 0. The standard InChI is InChI=1S/3C3H5Cl.C2H4O2/c3*1-2-3-4;1-2(3)4/h3*2-3H,1H3;1H3,(H,3,4). The van der Waals surface area contributed by atoms with Crippen LogP contribution < -0.4 is 0 Å². The first-order valence-electron chi connectivity index (χ1n) is 4.31. The molecule has 0 amide bonds. The van der Waals surface area contributed by atoms with E-state index in [1.165, 1.54) is 16.6 Å². The van der Waals surface area contributed by atoms with Crippen LogP contribution in [0.2, 0.25) is 0 Å². The molecule has 16 heavy (non-hydrogen) atoms. The molecule has 0 rings (SSSR count). The van der Waals surface area contributed by atoms with E-state index in [-0.39, 0.29) is 0 Å². The average molecular weight is 290 g/mol. The molecule has 1 N–H and O–H groups in total. The molecule has 0 saturated carbocycles. The number of halogens is 3. The Labute approximate surface area is 113 Å². The Morgan fingerprint density at radius 3 is 0.938 bits per heavy atom. The Kier molecular flexibility index (Phi) is 56.4. The van der Waals surface area contributed by atoms with Crippen molar-refractivity contribution in [1.29, 1.82) is 0 Å². The maximum Gasteiger partial charge on any atom is 0.300 e. The summed E-state index contributed by atoms with van der Waals surface area (Å²) in [6, 6.07) is 0. The summed E-state index contributed by atoms with van der Waals surface area (Å²) in [5.74, 6) is -0.833. The number of carboxylic acids is 1. The Bertz CT molecular complexity index is 148. The fraction of sp³-hybridized carbons (Fsp3) is 0.364. The molecule has 0 fully saturated rings. The van der Waals surface area contributed by atoms with Crippen LogP contribution in [0.15, 0.2) is 34.8 Å². The summed E-state index contributed by atoms with van der Waals surface area (Å²) in [6.45, 7) is 6.69. The highest BCUT2D eigenvalue weighted by atomic mass is 35.5. The van der Waals surface area contributed by atoms with Crippen LogP contribution in [0.25, 0.3) is 0 Å². The van der Waals surface area contributed by atoms with Crippen molar-refractivity contribution in [2.24, 2.45) is 0 Å². The molecule has 0 radical (unpaired) electrons. The van der Waals surface area contributed by atoms with Crippen molar-refractivity contribution in [2.45, 2.75) is 27.7 Å². The van der Waals surface area contributed by atoms with E-state index in [0.29, 0.717) is 0 Å². The van der Waals surface area contributed by atoms with Gasteiger partial charge in [0.1, 0.15) is 0 Å². The zero-order valence-corrected chi connectivity index (χ0v) is 12.2. The predicted octanol–water partition coefficient (Wildman–Crippen LogP) is 5.37. The monoisotopic (exact) mass is 288 g/mol. The zero-order valence-electron chi connectivity index (χ0n) is 9.95. The molecule has 0 unspecified atom stereocenters. The van der Waals surface area contributed by atoms with Gasteiger partial charge in [0.15, 0.2) is 0 Å².